The monoisotopic (exact) mass is 383 g/mol. The van der Waals surface area contributed by atoms with E-state index in [1.54, 1.807) is 24.3 Å². The molecule has 0 aliphatic carbocycles. The van der Waals surface area contributed by atoms with Crippen LogP contribution in [0.2, 0.25) is 0 Å². The zero-order valence-electron chi connectivity index (χ0n) is 14.7. The van der Waals surface area contributed by atoms with E-state index in [1.807, 2.05) is 0 Å². The average Bonchev–Trinajstić information content (AvgIpc) is 2.71. The van der Waals surface area contributed by atoms with Gasteiger partial charge in [-0.25, -0.2) is 8.78 Å². The molecule has 0 aliphatic heterocycles. The smallest absolute Gasteiger partial charge is 0.274 e. The molecular formula is C20H15F2N3O3. The fourth-order valence-corrected chi connectivity index (χ4v) is 2.39. The molecule has 3 aromatic rings. The molecule has 0 aliphatic rings. The lowest BCUT2D eigenvalue weighted by Gasteiger charge is -2.09. The van der Waals surface area contributed by atoms with Crippen molar-refractivity contribution < 1.29 is 23.1 Å². The van der Waals surface area contributed by atoms with E-state index in [9.17, 15) is 18.4 Å². The van der Waals surface area contributed by atoms with Gasteiger partial charge in [0.05, 0.1) is 7.11 Å². The number of benzene rings is 2. The minimum absolute atomic E-state index is 0.150. The number of carbonyl (C=O) groups is 2. The van der Waals surface area contributed by atoms with Gasteiger partial charge in [0, 0.05) is 23.5 Å². The lowest BCUT2D eigenvalue weighted by atomic mass is 10.2. The van der Waals surface area contributed by atoms with E-state index in [-0.39, 0.29) is 11.3 Å². The third-order valence-corrected chi connectivity index (χ3v) is 3.78. The molecule has 0 radical (unpaired) electrons. The number of amides is 2. The maximum Gasteiger partial charge on any atom is 0.274 e. The number of pyridine rings is 1. The highest BCUT2D eigenvalue weighted by atomic mass is 19.1. The quantitative estimate of drug-likeness (QED) is 0.701. The van der Waals surface area contributed by atoms with E-state index < -0.39 is 29.1 Å². The van der Waals surface area contributed by atoms with Crippen molar-refractivity contribution in [3.8, 4) is 5.75 Å². The Morgan fingerprint density at radius 1 is 0.929 bits per heavy atom. The molecule has 2 N–H and O–H groups in total. The molecule has 8 heteroatoms. The second kappa shape index (κ2) is 8.26. The first kappa shape index (κ1) is 19.0. The lowest BCUT2D eigenvalue weighted by molar-refractivity contribution is 0.102. The second-order valence-corrected chi connectivity index (χ2v) is 5.67. The number of hydrogen-bond donors (Lipinski definition) is 2. The Labute approximate surface area is 159 Å². The van der Waals surface area contributed by atoms with Gasteiger partial charge in [-0.15, -0.1) is 0 Å². The molecule has 0 atom stereocenters. The van der Waals surface area contributed by atoms with Crippen LogP contribution >= 0.6 is 0 Å². The van der Waals surface area contributed by atoms with Gasteiger partial charge in [0.1, 0.15) is 28.8 Å². The number of carbonyl (C=O) groups excluding carboxylic acids is 2. The summed E-state index contributed by atoms with van der Waals surface area (Å²) in [5.41, 5.74) is -0.0981. The summed E-state index contributed by atoms with van der Waals surface area (Å²) in [5, 5.41) is 4.79. The molecule has 0 saturated heterocycles. The summed E-state index contributed by atoms with van der Waals surface area (Å²) in [6.45, 7) is 0. The van der Waals surface area contributed by atoms with Crippen molar-refractivity contribution in [1.82, 2.24) is 4.98 Å². The number of halogens is 2. The Balaban J connectivity index is 1.77. The number of ether oxygens (including phenoxy) is 1. The Hall–Kier alpha value is -3.81. The van der Waals surface area contributed by atoms with Crippen LogP contribution in [0.15, 0.2) is 60.8 Å². The maximum absolute atomic E-state index is 13.7. The van der Waals surface area contributed by atoms with Gasteiger partial charge in [-0.2, -0.15) is 0 Å². The van der Waals surface area contributed by atoms with Gasteiger partial charge in [-0.1, -0.05) is 12.1 Å². The molecule has 6 nitrogen and oxygen atoms in total. The third kappa shape index (κ3) is 4.29. The molecule has 0 fully saturated rings. The Bertz CT molecular complexity index is 1020. The summed E-state index contributed by atoms with van der Waals surface area (Å²) >= 11 is 0. The van der Waals surface area contributed by atoms with Crippen LogP contribution in [0.5, 0.6) is 5.75 Å². The van der Waals surface area contributed by atoms with Crippen LogP contribution in [-0.2, 0) is 0 Å². The largest absolute Gasteiger partial charge is 0.497 e. The molecule has 1 aromatic heterocycles. The summed E-state index contributed by atoms with van der Waals surface area (Å²) in [7, 11) is 1.51. The van der Waals surface area contributed by atoms with Crippen molar-refractivity contribution in [2.75, 3.05) is 17.7 Å². The first-order chi connectivity index (χ1) is 13.5. The fourth-order valence-electron chi connectivity index (χ4n) is 2.39. The zero-order chi connectivity index (χ0) is 20.1. The summed E-state index contributed by atoms with van der Waals surface area (Å²) in [4.78, 5) is 28.6. The summed E-state index contributed by atoms with van der Waals surface area (Å²) in [6.07, 6.45) is 1.26. The minimum Gasteiger partial charge on any atom is -0.497 e. The van der Waals surface area contributed by atoms with E-state index in [0.29, 0.717) is 11.4 Å². The zero-order valence-corrected chi connectivity index (χ0v) is 14.7. The summed E-state index contributed by atoms with van der Waals surface area (Å²) in [5.74, 6) is -2.60. The van der Waals surface area contributed by atoms with Crippen LogP contribution in [-0.4, -0.2) is 23.9 Å². The van der Waals surface area contributed by atoms with E-state index in [0.717, 1.165) is 12.1 Å². The number of nitrogens with one attached hydrogen (secondary N) is 2. The molecule has 3 rings (SSSR count). The molecule has 28 heavy (non-hydrogen) atoms. The van der Waals surface area contributed by atoms with Gasteiger partial charge in [0.15, 0.2) is 0 Å². The van der Waals surface area contributed by atoms with Crippen molar-refractivity contribution in [1.29, 1.82) is 0 Å². The van der Waals surface area contributed by atoms with Crippen LogP contribution < -0.4 is 15.4 Å². The Kier molecular flexibility index (Phi) is 5.59. The minimum atomic E-state index is -0.916. The van der Waals surface area contributed by atoms with Crippen molar-refractivity contribution in [2.45, 2.75) is 0 Å². The van der Waals surface area contributed by atoms with E-state index >= 15 is 0 Å². The van der Waals surface area contributed by atoms with Crippen LogP contribution in [0.4, 0.5) is 20.2 Å². The second-order valence-electron chi connectivity index (χ2n) is 5.67. The number of aromatic nitrogens is 1. The predicted molar refractivity (Wildman–Crippen MR) is 99.5 cm³/mol. The topological polar surface area (TPSA) is 80.3 Å². The molecule has 2 aromatic carbocycles. The molecule has 2 amide bonds. The first-order valence-corrected chi connectivity index (χ1v) is 8.15. The van der Waals surface area contributed by atoms with Crippen molar-refractivity contribution >= 4 is 23.2 Å². The average molecular weight is 383 g/mol. The van der Waals surface area contributed by atoms with E-state index in [1.165, 1.54) is 31.5 Å². The lowest BCUT2D eigenvalue weighted by Crippen LogP contribution is -2.18. The molecule has 0 unspecified atom stereocenters. The Morgan fingerprint density at radius 3 is 2.36 bits per heavy atom. The summed E-state index contributed by atoms with van der Waals surface area (Å²) in [6, 6.07) is 12.6. The van der Waals surface area contributed by atoms with Gasteiger partial charge < -0.3 is 15.4 Å². The molecule has 1 heterocycles. The van der Waals surface area contributed by atoms with Crippen molar-refractivity contribution in [3.63, 3.8) is 0 Å². The number of rotatable bonds is 5. The van der Waals surface area contributed by atoms with Gasteiger partial charge in [-0.3, -0.25) is 14.6 Å². The third-order valence-electron chi connectivity index (χ3n) is 3.78. The van der Waals surface area contributed by atoms with E-state index in [2.05, 4.69) is 15.6 Å². The van der Waals surface area contributed by atoms with Crippen LogP contribution in [0.1, 0.15) is 20.8 Å². The van der Waals surface area contributed by atoms with E-state index in [4.69, 9.17) is 4.74 Å². The van der Waals surface area contributed by atoms with Crippen molar-refractivity contribution in [2.24, 2.45) is 0 Å². The SMILES string of the molecule is COc1cccc(NC(=O)c2ccnc(C(=O)Nc3c(F)cccc3F)c2)c1. The van der Waals surface area contributed by atoms with Crippen LogP contribution in [0.3, 0.4) is 0 Å². The van der Waals surface area contributed by atoms with Gasteiger partial charge >= 0.3 is 0 Å². The number of hydrogen-bond acceptors (Lipinski definition) is 4. The Morgan fingerprint density at radius 2 is 1.64 bits per heavy atom. The highest BCUT2D eigenvalue weighted by molar-refractivity contribution is 6.07. The number of nitrogens with zero attached hydrogens (tertiary/aromatic N) is 1. The highest BCUT2D eigenvalue weighted by Gasteiger charge is 2.16. The van der Waals surface area contributed by atoms with Crippen molar-refractivity contribution in [3.05, 3.63) is 83.7 Å². The number of para-hydroxylation sites is 1. The number of methoxy groups -OCH3 is 1. The van der Waals surface area contributed by atoms with Gasteiger partial charge in [-0.05, 0) is 36.4 Å². The van der Waals surface area contributed by atoms with Gasteiger partial charge in [0.2, 0.25) is 0 Å². The highest BCUT2D eigenvalue weighted by Crippen LogP contribution is 2.20. The van der Waals surface area contributed by atoms with Crippen LogP contribution in [0.25, 0.3) is 0 Å². The number of anilines is 2. The first-order valence-electron chi connectivity index (χ1n) is 8.15. The molecular weight excluding hydrogens is 368 g/mol. The standard InChI is InChI=1S/C20H15F2N3O3/c1-28-14-5-2-4-13(11-14)24-19(26)12-8-9-23-17(10-12)20(27)25-18-15(21)6-3-7-16(18)22/h2-11H,1H3,(H,24,26)(H,25,27). The maximum atomic E-state index is 13.7. The fraction of sp³-hybridized carbons (Fsp3) is 0.0500. The normalized spacial score (nSPS) is 10.2. The molecule has 142 valence electrons. The molecule has 0 saturated carbocycles. The molecule has 0 bridgehead atoms. The van der Waals surface area contributed by atoms with Gasteiger partial charge in [0.25, 0.3) is 11.8 Å². The van der Waals surface area contributed by atoms with Crippen LogP contribution in [0, 0.1) is 11.6 Å². The predicted octanol–water partition coefficient (Wildman–Crippen LogP) is 3.87. The molecule has 0 spiro atoms. The summed E-state index contributed by atoms with van der Waals surface area (Å²) < 4.78 is 32.5.